The lowest BCUT2D eigenvalue weighted by Gasteiger charge is -2.11. The average molecular weight is 343 g/mol. The summed E-state index contributed by atoms with van der Waals surface area (Å²) in [5, 5.41) is 1.34. The van der Waals surface area contributed by atoms with E-state index in [9.17, 15) is 0 Å². The van der Waals surface area contributed by atoms with Crippen LogP contribution < -0.4 is 4.90 Å². The molecule has 2 heterocycles. The second kappa shape index (κ2) is 6.30. The third-order valence-electron chi connectivity index (χ3n) is 5.88. The smallest absolute Gasteiger partial charge is 0.143 e. The van der Waals surface area contributed by atoms with Crippen molar-refractivity contribution < 1.29 is 4.90 Å². The fourth-order valence-corrected chi connectivity index (χ4v) is 4.36. The van der Waals surface area contributed by atoms with Gasteiger partial charge in [0.2, 0.25) is 0 Å². The summed E-state index contributed by atoms with van der Waals surface area (Å²) in [7, 11) is 4.42. The molecular formula is C24H27N2+. The van der Waals surface area contributed by atoms with Gasteiger partial charge in [-0.05, 0) is 31.1 Å². The Bertz CT molecular complexity index is 1060. The molecule has 0 saturated carbocycles. The third-order valence-corrected chi connectivity index (χ3v) is 5.88. The average Bonchev–Trinajstić information content (AvgIpc) is 3.06. The second-order valence-electron chi connectivity index (χ2n) is 7.23. The lowest BCUT2D eigenvalue weighted by atomic mass is 9.90. The van der Waals surface area contributed by atoms with Gasteiger partial charge in [-0.25, -0.2) is 0 Å². The van der Waals surface area contributed by atoms with E-state index in [1.807, 2.05) is 0 Å². The fraction of sp³-hybridized carbons (Fsp3) is 0.250. The molecule has 0 fully saturated rings. The summed E-state index contributed by atoms with van der Waals surface area (Å²) < 4.78 is 2.32. The molecule has 1 atom stereocenters. The van der Waals surface area contributed by atoms with Crippen molar-refractivity contribution in [1.82, 2.24) is 4.57 Å². The maximum absolute atomic E-state index is 2.41. The minimum absolute atomic E-state index is 1.02. The molecule has 1 N–H and O–H groups in total. The van der Waals surface area contributed by atoms with Crippen LogP contribution in [0.5, 0.6) is 0 Å². The first-order valence-corrected chi connectivity index (χ1v) is 9.45. The standard InChI is InChI=1S/C24H26N2/c1-6-11-20(23-16(2)25(4)21-14-9-7-12-18(21)23)24-17(3)26(5)22-15-10-8-13-19(22)24/h7-15H,6H2,1-5H3/p+1. The largest absolute Gasteiger partial charge is 0.347 e. The van der Waals surface area contributed by atoms with E-state index >= 15 is 0 Å². The van der Waals surface area contributed by atoms with Gasteiger partial charge in [0.15, 0.2) is 0 Å². The van der Waals surface area contributed by atoms with Gasteiger partial charge in [0.05, 0.1) is 12.6 Å². The number of allylic oxidation sites excluding steroid dienone is 4. The van der Waals surface area contributed by atoms with Gasteiger partial charge in [-0.3, -0.25) is 4.90 Å². The van der Waals surface area contributed by atoms with Gasteiger partial charge in [0.1, 0.15) is 11.4 Å². The molecule has 0 bridgehead atoms. The van der Waals surface area contributed by atoms with E-state index in [4.69, 9.17) is 0 Å². The quantitative estimate of drug-likeness (QED) is 0.695. The highest BCUT2D eigenvalue weighted by Crippen LogP contribution is 2.43. The number of rotatable bonds is 3. The molecule has 26 heavy (non-hydrogen) atoms. The van der Waals surface area contributed by atoms with Crippen LogP contribution >= 0.6 is 0 Å². The van der Waals surface area contributed by atoms with Crippen molar-refractivity contribution >= 4 is 27.7 Å². The summed E-state index contributed by atoms with van der Waals surface area (Å²) in [6.07, 6.45) is 3.43. The molecule has 0 spiro atoms. The van der Waals surface area contributed by atoms with Crippen LogP contribution in [0.25, 0.3) is 22.0 Å². The van der Waals surface area contributed by atoms with Crippen LogP contribution in [0.2, 0.25) is 0 Å². The van der Waals surface area contributed by atoms with Crippen LogP contribution in [0.4, 0.5) is 5.69 Å². The summed E-state index contributed by atoms with van der Waals surface area (Å²) >= 11 is 0. The molecule has 4 rings (SSSR count). The maximum Gasteiger partial charge on any atom is 0.143 e. The van der Waals surface area contributed by atoms with Crippen molar-refractivity contribution in [2.24, 2.45) is 7.05 Å². The van der Waals surface area contributed by atoms with Crippen LogP contribution in [0.15, 0.2) is 60.3 Å². The summed E-state index contributed by atoms with van der Waals surface area (Å²) in [6, 6.07) is 17.6. The lowest BCUT2D eigenvalue weighted by Crippen LogP contribution is -3.00. The topological polar surface area (TPSA) is 9.37 Å². The van der Waals surface area contributed by atoms with Gasteiger partial charge in [-0.2, -0.15) is 0 Å². The zero-order valence-electron chi connectivity index (χ0n) is 16.4. The van der Waals surface area contributed by atoms with Crippen LogP contribution in [-0.4, -0.2) is 11.6 Å². The van der Waals surface area contributed by atoms with Gasteiger partial charge in [-0.1, -0.05) is 43.3 Å². The normalized spacial score (nSPS) is 17.3. The Kier molecular flexibility index (Phi) is 4.08. The highest BCUT2D eigenvalue weighted by atomic mass is 15.1. The Labute approximate surface area is 156 Å². The molecule has 2 heteroatoms. The number of hydrogen-bond donors (Lipinski definition) is 1. The molecule has 132 valence electrons. The Morgan fingerprint density at radius 3 is 2.50 bits per heavy atom. The van der Waals surface area contributed by atoms with Crippen LogP contribution in [0.3, 0.4) is 0 Å². The molecule has 2 aromatic carbocycles. The third kappa shape index (κ3) is 2.29. The number of benzene rings is 2. The lowest BCUT2D eigenvalue weighted by molar-refractivity contribution is -0.762. The molecule has 0 amide bonds. The Balaban J connectivity index is 2.04. The minimum atomic E-state index is 1.02. The van der Waals surface area contributed by atoms with Gasteiger partial charge in [-0.15, -0.1) is 0 Å². The predicted molar refractivity (Wildman–Crippen MR) is 112 cm³/mol. The second-order valence-corrected chi connectivity index (χ2v) is 7.23. The summed E-state index contributed by atoms with van der Waals surface area (Å²) in [6.45, 7) is 6.74. The Hall–Kier alpha value is -2.58. The number of hydrogen-bond acceptors (Lipinski definition) is 0. The highest BCUT2D eigenvalue weighted by molar-refractivity contribution is 6.13. The van der Waals surface area contributed by atoms with Gasteiger partial charge in [0.25, 0.3) is 0 Å². The number of nitrogens with zero attached hydrogens (tertiary/aromatic N) is 1. The van der Waals surface area contributed by atoms with E-state index in [1.165, 1.54) is 55.2 Å². The number of aryl methyl sites for hydroxylation is 1. The first-order valence-electron chi connectivity index (χ1n) is 9.45. The van der Waals surface area contributed by atoms with E-state index in [0.717, 1.165) is 6.42 Å². The first-order chi connectivity index (χ1) is 12.6. The van der Waals surface area contributed by atoms with Crippen molar-refractivity contribution in [3.63, 3.8) is 0 Å². The van der Waals surface area contributed by atoms with Gasteiger partial charge in [0, 0.05) is 47.8 Å². The molecular weight excluding hydrogens is 316 g/mol. The minimum Gasteiger partial charge on any atom is -0.347 e. The predicted octanol–water partition coefficient (Wildman–Crippen LogP) is 4.87. The fourth-order valence-electron chi connectivity index (χ4n) is 4.36. The zero-order chi connectivity index (χ0) is 18.4. The van der Waals surface area contributed by atoms with Crippen LogP contribution in [0.1, 0.15) is 37.1 Å². The Morgan fingerprint density at radius 1 is 1.04 bits per heavy atom. The van der Waals surface area contributed by atoms with Crippen molar-refractivity contribution in [3.05, 3.63) is 77.1 Å². The molecule has 0 saturated heterocycles. The molecule has 1 aromatic heterocycles. The van der Waals surface area contributed by atoms with Crippen LogP contribution in [-0.2, 0) is 7.05 Å². The molecule has 1 aliphatic heterocycles. The molecule has 1 aliphatic rings. The van der Waals surface area contributed by atoms with Crippen molar-refractivity contribution in [3.8, 4) is 0 Å². The number of aromatic nitrogens is 1. The van der Waals surface area contributed by atoms with Gasteiger partial charge >= 0.3 is 0 Å². The molecule has 2 nitrogen and oxygen atoms in total. The van der Waals surface area contributed by atoms with E-state index in [0.29, 0.717) is 0 Å². The summed E-state index contributed by atoms with van der Waals surface area (Å²) in [5.41, 5.74) is 10.9. The van der Waals surface area contributed by atoms with E-state index in [-0.39, 0.29) is 0 Å². The van der Waals surface area contributed by atoms with Gasteiger partial charge < -0.3 is 4.57 Å². The number of nitrogens with one attached hydrogen (secondary N) is 1. The van der Waals surface area contributed by atoms with E-state index < -0.39 is 0 Å². The molecule has 0 radical (unpaired) electrons. The molecule has 1 unspecified atom stereocenters. The highest BCUT2D eigenvalue weighted by Gasteiger charge is 2.32. The zero-order valence-corrected chi connectivity index (χ0v) is 16.4. The number of fused-ring (bicyclic) bond motifs is 2. The van der Waals surface area contributed by atoms with E-state index in [2.05, 4.69) is 94.0 Å². The van der Waals surface area contributed by atoms with Crippen LogP contribution in [0, 0.1) is 6.92 Å². The SMILES string of the molecule is CC/C=C(/C1=C(C)[NH+](C)c2ccccc21)c1c(C)n(C)c2ccccc12. The number of quaternary nitrogens is 1. The van der Waals surface area contributed by atoms with Crippen molar-refractivity contribution in [2.45, 2.75) is 27.2 Å². The molecule has 3 aromatic rings. The molecule has 0 aliphatic carbocycles. The monoisotopic (exact) mass is 343 g/mol. The van der Waals surface area contributed by atoms with Crippen molar-refractivity contribution in [1.29, 1.82) is 0 Å². The van der Waals surface area contributed by atoms with Crippen molar-refractivity contribution in [2.75, 3.05) is 7.05 Å². The summed E-state index contributed by atoms with van der Waals surface area (Å²) in [4.78, 5) is 1.40. The number of para-hydroxylation sites is 2. The summed E-state index contributed by atoms with van der Waals surface area (Å²) in [5.74, 6) is 0. The first kappa shape index (κ1) is 16.9. The van der Waals surface area contributed by atoms with E-state index in [1.54, 1.807) is 0 Å². The Morgan fingerprint density at radius 2 is 1.73 bits per heavy atom. The maximum atomic E-state index is 2.41.